The fraction of sp³-hybridized carbons (Fsp3) is 0.227. The van der Waals surface area contributed by atoms with Crippen LogP contribution in [-0.2, 0) is 11.3 Å². The number of benzene rings is 1. The smallest absolute Gasteiger partial charge is 0.249 e. The summed E-state index contributed by atoms with van der Waals surface area (Å²) in [6.45, 7) is 3.08. The molecule has 3 aromatic rings. The van der Waals surface area contributed by atoms with Gasteiger partial charge < -0.3 is 14.8 Å². The lowest BCUT2D eigenvalue weighted by Gasteiger charge is -2.12. The Morgan fingerprint density at radius 3 is 2.90 bits per heavy atom. The highest BCUT2D eigenvalue weighted by molar-refractivity contribution is 6.32. The van der Waals surface area contributed by atoms with E-state index in [-0.39, 0.29) is 5.91 Å². The first-order valence-corrected chi connectivity index (χ1v) is 9.89. The van der Waals surface area contributed by atoms with Crippen LogP contribution in [-0.4, -0.2) is 34.4 Å². The normalized spacial score (nSPS) is 10.9. The van der Waals surface area contributed by atoms with Gasteiger partial charge in [-0.25, -0.2) is 0 Å². The lowest BCUT2D eigenvalue weighted by molar-refractivity contribution is -0.111. The molecule has 0 bridgehead atoms. The summed E-state index contributed by atoms with van der Waals surface area (Å²) in [6.07, 6.45) is 7.44. The number of nitrogens with zero attached hydrogens (tertiary/aromatic N) is 3. The number of carbonyl (C=O) groups excluding carboxylic acids is 1. The Morgan fingerprint density at radius 1 is 1.30 bits per heavy atom. The van der Waals surface area contributed by atoms with E-state index in [2.05, 4.69) is 15.4 Å². The van der Waals surface area contributed by atoms with Gasteiger partial charge in [-0.15, -0.1) is 0 Å². The van der Waals surface area contributed by atoms with Gasteiger partial charge in [-0.1, -0.05) is 24.6 Å². The summed E-state index contributed by atoms with van der Waals surface area (Å²) in [5.41, 5.74) is 1.60. The van der Waals surface area contributed by atoms with Crippen LogP contribution in [0.4, 0.5) is 5.82 Å². The SMILES string of the molecule is CCCOc1c(Cl)cc(/C=C/C(=O)Nc2ccn(Cc3ccccn3)n2)cc1OC. The molecule has 1 amide bonds. The molecule has 30 heavy (non-hydrogen) atoms. The third-order valence-electron chi connectivity index (χ3n) is 4.07. The number of pyridine rings is 1. The number of anilines is 1. The Labute approximate surface area is 180 Å². The number of rotatable bonds is 9. The molecule has 0 aliphatic rings. The summed E-state index contributed by atoms with van der Waals surface area (Å²) < 4.78 is 12.7. The van der Waals surface area contributed by atoms with E-state index in [9.17, 15) is 4.79 Å². The van der Waals surface area contributed by atoms with Crippen LogP contribution in [0.15, 0.2) is 54.9 Å². The summed E-state index contributed by atoms with van der Waals surface area (Å²) in [5, 5.41) is 7.50. The molecular formula is C22H23ClN4O3. The zero-order valence-corrected chi connectivity index (χ0v) is 17.6. The molecule has 0 saturated carbocycles. The van der Waals surface area contributed by atoms with Crippen LogP contribution < -0.4 is 14.8 Å². The van der Waals surface area contributed by atoms with Crippen LogP contribution in [0.2, 0.25) is 5.02 Å². The predicted molar refractivity (Wildman–Crippen MR) is 117 cm³/mol. The van der Waals surface area contributed by atoms with Crippen molar-refractivity contribution < 1.29 is 14.3 Å². The molecule has 1 aromatic carbocycles. The molecular weight excluding hydrogens is 404 g/mol. The van der Waals surface area contributed by atoms with Gasteiger partial charge in [-0.3, -0.25) is 14.5 Å². The standard InChI is InChI=1S/C22H23ClN4O3/c1-3-12-30-22-18(23)13-16(14-19(22)29-2)7-8-21(28)25-20-9-11-27(26-20)15-17-6-4-5-10-24-17/h4-11,13-14H,3,12,15H2,1-2H3,(H,25,26,28)/b8-7+. The van der Waals surface area contributed by atoms with Crippen molar-refractivity contribution in [2.45, 2.75) is 19.9 Å². The minimum Gasteiger partial charge on any atom is -0.493 e. The summed E-state index contributed by atoms with van der Waals surface area (Å²) in [7, 11) is 1.55. The van der Waals surface area contributed by atoms with Crippen LogP contribution >= 0.6 is 11.6 Å². The maximum Gasteiger partial charge on any atom is 0.249 e. The topological polar surface area (TPSA) is 78.3 Å². The van der Waals surface area contributed by atoms with Crippen molar-refractivity contribution >= 4 is 29.4 Å². The number of hydrogen-bond acceptors (Lipinski definition) is 5. The third kappa shape index (κ3) is 5.84. The fourth-order valence-electron chi connectivity index (χ4n) is 2.69. The van der Waals surface area contributed by atoms with Crippen LogP contribution in [0.25, 0.3) is 6.08 Å². The van der Waals surface area contributed by atoms with E-state index in [4.69, 9.17) is 21.1 Å². The largest absolute Gasteiger partial charge is 0.493 e. The average molecular weight is 427 g/mol. The first-order valence-electron chi connectivity index (χ1n) is 9.51. The Bertz CT molecular complexity index is 1020. The number of amides is 1. The molecule has 0 aliphatic heterocycles. The molecule has 2 heterocycles. The van der Waals surface area contributed by atoms with Crippen molar-refractivity contribution in [2.75, 3.05) is 19.0 Å². The van der Waals surface area contributed by atoms with Crippen LogP contribution in [0, 0.1) is 0 Å². The van der Waals surface area contributed by atoms with Crippen LogP contribution in [0.1, 0.15) is 24.6 Å². The third-order valence-corrected chi connectivity index (χ3v) is 4.35. The van der Waals surface area contributed by atoms with Crippen molar-refractivity contribution in [3.63, 3.8) is 0 Å². The highest BCUT2D eigenvalue weighted by atomic mass is 35.5. The average Bonchev–Trinajstić information content (AvgIpc) is 3.18. The quantitative estimate of drug-likeness (QED) is 0.512. The molecule has 0 atom stereocenters. The number of nitrogens with one attached hydrogen (secondary N) is 1. The number of hydrogen-bond donors (Lipinski definition) is 1. The van der Waals surface area contributed by atoms with Gasteiger partial charge in [0.2, 0.25) is 5.91 Å². The van der Waals surface area contributed by atoms with Crippen molar-refractivity contribution in [2.24, 2.45) is 0 Å². The van der Waals surface area contributed by atoms with Gasteiger partial charge in [0.15, 0.2) is 17.3 Å². The minimum absolute atomic E-state index is 0.306. The van der Waals surface area contributed by atoms with E-state index in [0.29, 0.717) is 35.5 Å². The number of methoxy groups -OCH3 is 1. The zero-order valence-electron chi connectivity index (χ0n) is 16.8. The van der Waals surface area contributed by atoms with Crippen LogP contribution in [0.5, 0.6) is 11.5 Å². The van der Waals surface area contributed by atoms with E-state index in [1.165, 1.54) is 6.08 Å². The molecule has 0 fully saturated rings. The van der Waals surface area contributed by atoms with E-state index >= 15 is 0 Å². The van der Waals surface area contributed by atoms with Gasteiger partial charge >= 0.3 is 0 Å². The number of ether oxygens (including phenoxy) is 2. The molecule has 0 unspecified atom stereocenters. The number of carbonyl (C=O) groups is 1. The Morgan fingerprint density at radius 2 is 2.17 bits per heavy atom. The molecule has 1 N–H and O–H groups in total. The lowest BCUT2D eigenvalue weighted by atomic mass is 10.2. The van der Waals surface area contributed by atoms with Gasteiger partial charge in [-0.05, 0) is 42.3 Å². The second kappa shape index (κ2) is 10.5. The molecule has 0 spiro atoms. The molecule has 0 aliphatic carbocycles. The molecule has 0 saturated heterocycles. The summed E-state index contributed by atoms with van der Waals surface area (Å²) in [6, 6.07) is 10.9. The monoisotopic (exact) mass is 426 g/mol. The van der Waals surface area contributed by atoms with E-state index in [1.54, 1.807) is 48.5 Å². The van der Waals surface area contributed by atoms with Crippen molar-refractivity contribution in [1.82, 2.24) is 14.8 Å². The van der Waals surface area contributed by atoms with E-state index in [0.717, 1.165) is 17.7 Å². The molecule has 3 rings (SSSR count). The second-order valence-corrected chi connectivity index (χ2v) is 6.83. The Kier molecular flexibility index (Phi) is 7.45. The van der Waals surface area contributed by atoms with Gasteiger partial charge in [-0.2, -0.15) is 5.10 Å². The second-order valence-electron chi connectivity index (χ2n) is 6.42. The maximum atomic E-state index is 12.3. The van der Waals surface area contributed by atoms with Gasteiger partial charge in [0.1, 0.15) is 0 Å². The van der Waals surface area contributed by atoms with Crippen LogP contribution in [0.3, 0.4) is 0 Å². The molecule has 156 valence electrons. The van der Waals surface area contributed by atoms with Gasteiger partial charge in [0.05, 0.1) is 31.0 Å². The van der Waals surface area contributed by atoms with Crippen molar-refractivity contribution in [3.8, 4) is 11.5 Å². The molecule has 8 heteroatoms. The van der Waals surface area contributed by atoms with E-state index in [1.807, 2.05) is 25.1 Å². The highest BCUT2D eigenvalue weighted by Gasteiger charge is 2.11. The molecule has 7 nitrogen and oxygen atoms in total. The van der Waals surface area contributed by atoms with E-state index < -0.39 is 0 Å². The summed E-state index contributed by atoms with van der Waals surface area (Å²) in [5.74, 6) is 1.17. The minimum atomic E-state index is -0.306. The molecule has 0 radical (unpaired) electrons. The van der Waals surface area contributed by atoms with Gasteiger partial charge in [0.25, 0.3) is 0 Å². The fourth-order valence-corrected chi connectivity index (χ4v) is 2.97. The number of halogens is 1. The number of aromatic nitrogens is 3. The highest BCUT2D eigenvalue weighted by Crippen LogP contribution is 2.36. The zero-order chi connectivity index (χ0) is 21.3. The predicted octanol–water partition coefficient (Wildman–Crippen LogP) is 4.43. The van der Waals surface area contributed by atoms with Crippen molar-refractivity contribution in [1.29, 1.82) is 0 Å². The van der Waals surface area contributed by atoms with Crippen molar-refractivity contribution in [3.05, 3.63) is 71.1 Å². The molecule has 2 aromatic heterocycles. The summed E-state index contributed by atoms with van der Waals surface area (Å²) >= 11 is 6.31. The first kappa shape index (κ1) is 21.4. The Balaban J connectivity index is 1.63. The lowest BCUT2D eigenvalue weighted by Crippen LogP contribution is -2.09. The Hall–Kier alpha value is -3.32. The first-order chi connectivity index (χ1) is 14.6. The van der Waals surface area contributed by atoms with Gasteiger partial charge in [0, 0.05) is 24.5 Å². The maximum absolute atomic E-state index is 12.3. The summed E-state index contributed by atoms with van der Waals surface area (Å²) in [4.78, 5) is 16.5.